The minimum absolute atomic E-state index is 0.0268. The van der Waals surface area contributed by atoms with E-state index in [1.807, 2.05) is 6.92 Å². The van der Waals surface area contributed by atoms with E-state index >= 15 is 0 Å². The molecule has 1 fully saturated rings. The van der Waals surface area contributed by atoms with Crippen LogP contribution in [-0.4, -0.2) is 45.3 Å². The number of aryl methyl sites for hydroxylation is 1. The van der Waals surface area contributed by atoms with Crippen molar-refractivity contribution in [2.75, 3.05) is 23.3 Å². The van der Waals surface area contributed by atoms with Crippen molar-refractivity contribution in [3.05, 3.63) is 65.6 Å². The molecule has 0 unspecified atom stereocenters. The highest BCUT2D eigenvalue weighted by Crippen LogP contribution is 2.28. The van der Waals surface area contributed by atoms with E-state index in [1.165, 1.54) is 18.6 Å². The Morgan fingerprint density at radius 3 is 2.75 bits per heavy atom. The number of amides is 1. The number of anilines is 2. The standard InChI is InChI=1S/C21H19F3N6O2/c1-2-14-8-15(9-27-29-14)28-21(31)18-20(26-4-3-25-18)30-10-17(11-30)32-16-6-12(19(23)24)5-13(22)7-16/h3-9,17,19H,2,10-11H2,1H3,(H,28,29,31). The van der Waals surface area contributed by atoms with Crippen molar-refractivity contribution >= 4 is 17.4 Å². The van der Waals surface area contributed by atoms with Gasteiger partial charge in [0.1, 0.15) is 17.7 Å². The smallest absolute Gasteiger partial charge is 0.278 e. The van der Waals surface area contributed by atoms with Gasteiger partial charge >= 0.3 is 0 Å². The molecule has 0 radical (unpaired) electrons. The summed E-state index contributed by atoms with van der Waals surface area (Å²) in [5, 5.41) is 10.5. The Morgan fingerprint density at radius 2 is 2.00 bits per heavy atom. The SMILES string of the molecule is CCc1cc(NC(=O)c2nccnc2N2CC(Oc3cc(F)cc(C(F)F)c3)C2)cnn1. The molecule has 1 N–H and O–H groups in total. The molecule has 0 saturated carbocycles. The lowest BCUT2D eigenvalue weighted by Crippen LogP contribution is -2.54. The quantitative estimate of drug-likeness (QED) is 0.597. The Hall–Kier alpha value is -3.76. The predicted molar refractivity (Wildman–Crippen MR) is 109 cm³/mol. The first-order valence-electron chi connectivity index (χ1n) is 9.87. The second-order valence-electron chi connectivity index (χ2n) is 7.14. The lowest BCUT2D eigenvalue weighted by Gasteiger charge is -2.40. The zero-order valence-corrected chi connectivity index (χ0v) is 17.0. The maximum Gasteiger partial charge on any atom is 0.278 e. The Balaban J connectivity index is 1.43. The van der Waals surface area contributed by atoms with E-state index in [4.69, 9.17) is 4.74 Å². The molecule has 1 aromatic carbocycles. The van der Waals surface area contributed by atoms with Gasteiger partial charge in [0.05, 0.1) is 30.7 Å². The molecule has 3 aromatic rings. The van der Waals surface area contributed by atoms with Gasteiger partial charge in [-0.3, -0.25) is 4.79 Å². The predicted octanol–water partition coefficient (Wildman–Crippen LogP) is 3.43. The van der Waals surface area contributed by atoms with Gasteiger partial charge in [0, 0.05) is 24.0 Å². The number of alkyl halides is 2. The van der Waals surface area contributed by atoms with Crippen molar-refractivity contribution in [2.45, 2.75) is 25.9 Å². The molecule has 0 atom stereocenters. The molecule has 3 heterocycles. The number of carbonyl (C=O) groups is 1. The molecule has 8 nitrogen and oxygen atoms in total. The third kappa shape index (κ3) is 4.76. The van der Waals surface area contributed by atoms with Crippen molar-refractivity contribution in [1.82, 2.24) is 20.2 Å². The highest BCUT2D eigenvalue weighted by molar-refractivity contribution is 6.06. The molecule has 1 aliphatic heterocycles. The maximum atomic E-state index is 13.6. The van der Waals surface area contributed by atoms with Crippen LogP contribution in [0.3, 0.4) is 0 Å². The van der Waals surface area contributed by atoms with Gasteiger partial charge in [-0.05, 0) is 24.6 Å². The second-order valence-corrected chi connectivity index (χ2v) is 7.14. The molecule has 1 saturated heterocycles. The van der Waals surface area contributed by atoms with E-state index in [2.05, 4.69) is 25.5 Å². The van der Waals surface area contributed by atoms with Crippen LogP contribution in [0.4, 0.5) is 24.7 Å². The van der Waals surface area contributed by atoms with Crippen LogP contribution in [0.1, 0.15) is 35.1 Å². The summed E-state index contributed by atoms with van der Waals surface area (Å²) in [7, 11) is 0. The Labute approximate surface area is 181 Å². The van der Waals surface area contributed by atoms with Crippen molar-refractivity contribution in [3.63, 3.8) is 0 Å². The summed E-state index contributed by atoms with van der Waals surface area (Å²) >= 11 is 0. The number of nitrogens with one attached hydrogen (secondary N) is 1. The fourth-order valence-electron chi connectivity index (χ4n) is 3.22. The van der Waals surface area contributed by atoms with Crippen LogP contribution in [0.25, 0.3) is 0 Å². The van der Waals surface area contributed by atoms with E-state index in [9.17, 15) is 18.0 Å². The van der Waals surface area contributed by atoms with Crippen LogP contribution in [0, 0.1) is 5.82 Å². The van der Waals surface area contributed by atoms with Crippen molar-refractivity contribution in [3.8, 4) is 5.75 Å². The molecule has 1 aliphatic rings. The average molecular weight is 444 g/mol. The zero-order chi connectivity index (χ0) is 22.7. The lowest BCUT2D eigenvalue weighted by atomic mass is 10.1. The van der Waals surface area contributed by atoms with Gasteiger partial charge in [0.2, 0.25) is 0 Å². The van der Waals surface area contributed by atoms with Gasteiger partial charge in [-0.1, -0.05) is 6.92 Å². The summed E-state index contributed by atoms with van der Waals surface area (Å²) < 4.78 is 44.9. The van der Waals surface area contributed by atoms with Crippen LogP contribution in [0.5, 0.6) is 5.75 Å². The van der Waals surface area contributed by atoms with Crippen LogP contribution in [0.15, 0.2) is 42.9 Å². The molecule has 11 heteroatoms. The minimum atomic E-state index is -2.80. The molecule has 0 aliphatic carbocycles. The number of hydrogen-bond donors (Lipinski definition) is 1. The monoisotopic (exact) mass is 444 g/mol. The van der Waals surface area contributed by atoms with Crippen LogP contribution in [-0.2, 0) is 6.42 Å². The number of carbonyl (C=O) groups excluding carboxylic acids is 1. The normalized spacial score (nSPS) is 13.7. The van der Waals surface area contributed by atoms with Gasteiger partial charge in [0.25, 0.3) is 12.3 Å². The van der Waals surface area contributed by atoms with E-state index in [0.717, 1.165) is 23.9 Å². The molecule has 2 aromatic heterocycles. The van der Waals surface area contributed by atoms with Crippen molar-refractivity contribution in [2.24, 2.45) is 0 Å². The average Bonchev–Trinajstić information content (AvgIpc) is 2.75. The van der Waals surface area contributed by atoms with Crippen molar-refractivity contribution in [1.29, 1.82) is 0 Å². The van der Waals surface area contributed by atoms with Crippen LogP contribution in [0.2, 0.25) is 0 Å². The Kier molecular flexibility index (Phi) is 6.15. The zero-order valence-electron chi connectivity index (χ0n) is 17.0. The number of ether oxygens (including phenoxy) is 1. The number of aromatic nitrogens is 4. The number of rotatable bonds is 7. The van der Waals surface area contributed by atoms with Crippen LogP contribution >= 0.6 is 0 Å². The number of nitrogens with zero attached hydrogens (tertiary/aromatic N) is 5. The fourth-order valence-corrected chi connectivity index (χ4v) is 3.22. The molecule has 0 bridgehead atoms. The third-order valence-electron chi connectivity index (χ3n) is 4.82. The number of halogens is 3. The van der Waals surface area contributed by atoms with Crippen LogP contribution < -0.4 is 15.0 Å². The first-order chi connectivity index (χ1) is 15.4. The summed E-state index contributed by atoms with van der Waals surface area (Å²) in [5.41, 5.74) is 0.897. The summed E-state index contributed by atoms with van der Waals surface area (Å²) in [5.74, 6) is -0.869. The van der Waals surface area contributed by atoms with Gasteiger partial charge in [0.15, 0.2) is 11.5 Å². The highest BCUT2D eigenvalue weighted by Gasteiger charge is 2.33. The Morgan fingerprint density at radius 1 is 1.22 bits per heavy atom. The van der Waals surface area contributed by atoms with E-state index in [-0.39, 0.29) is 17.5 Å². The molecule has 32 heavy (non-hydrogen) atoms. The van der Waals surface area contributed by atoms with E-state index in [0.29, 0.717) is 31.0 Å². The van der Waals surface area contributed by atoms with Crippen molar-refractivity contribution < 1.29 is 22.7 Å². The molecular weight excluding hydrogens is 425 g/mol. The van der Waals surface area contributed by atoms with Gasteiger partial charge in [-0.25, -0.2) is 23.1 Å². The summed E-state index contributed by atoms with van der Waals surface area (Å²) in [6, 6.07) is 4.67. The highest BCUT2D eigenvalue weighted by atomic mass is 19.3. The topological polar surface area (TPSA) is 93.1 Å². The number of hydrogen-bond acceptors (Lipinski definition) is 7. The minimum Gasteiger partial charge on any atom is -0.487 e. The third-order valence-corrected chi connectivity index (χ3v) is 4.82. The molecule has 1 amide bonds. The van der Waals surface area contributed by atoms with Gasteiger partial charge in [-0.15, -0.1) is 0 Å². The first kappa shape index (κ1) is 21.5. The molecule has 4 rings (SSSR count). The first-order valence-corrected chi connectivity index (χ1v) is 9.87. The summed E-state index contributed by atoms with van der Waals surface area (Å²) in [4.78, 5) is 22.9. The molecular formula is C21H19F3N6O2. The molecule has 0 spiro atoms. The van der Waals surface area contributed by atoms with E-state index in [1.54, 1.807) is 11.0 Å². The Bertz CT molecular complexity index is 1120. The number of benzene rings is 1. The van der Waals surface area contributed by atoms with Gasteiger partial charge in [-0.2, -0.15) is 10.2 Å². The maximum absolute atomic E-state index is 13.6. The fraction of sp³-hybridized carbons (Fsp3) is 0.286. The van der Waals surface area contributed by atoms with Gasteiger partial charge < -0.3 is 15.0 Å². The molecule has 166 valence electrons. The second kappa shape index (κ2) is 9.16. The summed E-state index contributed by atoms with van der Waals surface area (Å²) in [6.45, 7) is 2.59. The summed E-state index contributed by atoms with van der Waals surface area (Å²) in [6.07, 6.45) is 1.81. The van der Waals surface area contributed by atoms with E-state index < -0.39 is 23.7 Å². The lowest BCUT2D eigenvalue weighted by molar-refractivity contribution is 0.102. The largest absolute Gasteiger partial charge is 0.487 e.